The van der Waals surface area contributed by atoms with Gasteiger partial charge in [0.15, 0.2) is 5.15 Å². The first-order chi connectivity index (χ1) is 9.04. The van der Waals surface area contributed by atoms with E-state index in [0.717, 1.165) is 0 Å². The van der Waals surface area contributed by atoms with E-state index < -0.39 is 22.2 Å². The van der Waals surface area contributed by atoms with Gasteiger partial charge >= 0.3 is 5.69 Å². The summed E-state index contributed by atoms with van der Waals surface area (Å²) in [5.41, 5.74) is -1.72. The van der Waals surface area contributed by atoms with Gasteiger partial charge in [-0.25, -0.2) is 9.36 Å². The second-order valence-electron chi connectivity index (χ2n) is 3.63. The van der Waals surface area contributed by atoms with Crippen LogP contribution in [-0.2, 0) is 0 Å². The van der Waals surface area contributed by atoms with Gasteiger partial charge in [0.25, 0.3) is 5.56 Å². The van der Waals surface area contributed by atoms with E-state index in [1.165, 1.54) is 12.1 Å². The molecule has 2 rings (SSSR count). The minimum absolute atomic E-state index is 0.202. The molecule has 0 aliphatic rings. The number of hydrogen-bond acceptors (Lipinski definition) is 3. The predicted octanol–water partition coefficient (Wildman–Crippen LogP) is 1.72. The van der Waals surface area contributed by atoms with Crippen molar-refractivity contribution >= 4 is 11.6 Å². The molecule has 0 unspecified atom stereocenters. The van der Waals surface area contributed by atoms with Crippen molar-refractivity contribution in [1.29, 1.82) is 0 Å². The summed E-state index contributed by atoms with van der Waals surface area (Å²) in [6.45, 7) is 2.23. The summed E-state index contributed by atoms with van der Waals surface area (Å²) < 4.78 is 19.3. The van der Waals surface area contributed by atoms with Crippen molar-refractivity contribution in [3.63, 3.8) is 0 Å². The Labute approximate surface area is 112 Å². The predicted molar refractivity (Wildman–Crippen MR) is 68.8 cm³/mol. The molecule has 0 aliphatic carbocycles. The van der Waals surface area contributed by atoms with Crippen molar-refractivity contribution in [1.82, 2.24) is 9.55 Å². The highest BCUT2D eigenvalue weighted by molar-refractivity contribution is 6.29. The molecule has 0 amide bonds. The second kappa shape index (κ2) is 5.27. The molecule has 7 heteroatoms. The van der Waals surface area contributed by atoms with Crippen molar-refractivity contribution in [2.75, 3.05) is 6.61 Å². The SMILES string of the molecule is CCOc1cccc(-n2c(=O)[nH]c(Cl)c(F)c2=O)c1. The van der Waals surface area contributed by atoms with E-state index in [1.807, 2.05) is 0 Å². The summed E-state index contributed by atoms with van der Waals surface area (Å²) in [6, 6.07) is 6.22. The summed E-state index contributed by atoms with van der Waals surface area (Å²) in [4.78, 5) is 25.5. The molecule has 100 valence electrons. The average molecular weight is 285 g/mol. The quantitative estimate of drug-likeness (QED) is 0.873. The minimum Gasteiger partial charge on any atom is -0.494 e. The molecule has 0 spiro atoms. The number of rotatable bonds is 3. The van der Waals surface area contributed by atoms with Gasteiger partial charge in [0, 0.05) is 6.07 Å². The number of benzene rings is 1. The summed E-state index contributed by atoms with van der Waals surface area (Å²) in [6.07, 6.45) is 0. The molecular formula is C12H10ClFN2O3. The van der Waals surface area contributed by atoms with Crippen LogP contribution in [0.3, 0.4) is 0 Å². The van der Waals surface area contributed by atoms with Crippen molar-refractivity contribution in [3.8, 4) is 11.4 Å². The maximum Gasteiger partial charge on any atom is 0.334 e. The lowest BCUT2D eigenvalue weighted by Crippen LogP contribution is -2.35. The number of H-pyrrole nitrogens is 1. The zero-order valence-electron chi connectivity index (χ0n) is 9.94. The molecular weight excluding hydrogens is 275 g/mol. The maximum atomic E-state index is 13.4. The van der Waals surface area contributed by atoms with Crippen LogP contribution in [0.15, 0.2) is 33.9 Å². The largest absolute Gasteiger partial charge is 0.494 e. The normalized spacial score (nSPS) is 10.5. The molecule has 0 saturated carbocycles. The van der Waals surface area contributed by atoms with Gasteiger partial charge in [-0.1, -0.05) is 17.7 Å². The zero-order chi connectivity index (χ0) is 14.0. The fourth-order valence-corrected chi connectivity index (χ4v) is 1.76. The van der Waals surface area contributed by atoms with Gasteiger partial charge in [-0.15, -0.1) is 0 Å². The van der Waals surface area contributed by atoms with Crippen LogP contribution < -0.4 is 16.0 Å². The van der Waals surface area contributed by atoms with Crippen LogP contribution in [-0.4, -0.2) is 16.2 Å². The molecule has 0 atom stereocenters. The summed E-state index contributed by atoms with van der Waals surface area (Å²) in [5.74, 6) is -0.732. The first kappa shape index (κ1) is 13.4. The molecule has 1 aromatic heterocycles. The Balaban J connectivity index is 2.66. The number of hydrogen-bond donors (Lipinski definition) is 1. The zero-order valence-corrected chi connectivity index (χ0v) is 10.7. The number of aromatic amines is 1. The third-order valence-corrected chi connectivity index (χ3v) is 2.65. The number of nitrogens with zero attached hydrogens (tertiary/aromatic N) is 1. The number of halogens is 2. The molecule has 0 fully saturated rings. The molecule has 1 heterocycles. The summed E-state index contributed by atoms with van der Waals surface area (Å²) in [7, 11) is 0. The standard InChI is InChI=1S/C12H10ClFN2O3/c1-2-19-8-5-3-4-7(6-8)16-11(17)9(14)10(13)15-12(16)18/h3-6H,2H2,1H3,(H,15,18). The lowest BCUT2D eigenvalue weighted by atomic mass is 10.3. The molecule has 2 aromatic rings. The number of aromatic nitrogens is 2. The monoisotopic (exact) mass is 284 g/mol. The van der Waals surface area contributed by atoms with Gasteiger partial charge in [-0.05, 0) is 19.1 Å². The van der Waals surface area contributed by atoms with Crippen LogP contribution in [0.2, 0.25) is 5.15 Å². The Hall–Kier alpha value is -2.08. The lowest BCUT2D eigenvalue weighted by Gasteiger charge is -2.08. The third kappa shape index (κ3) is 2.53. The summed E-state index contributed by atoms with van der Waals surface area (Å²) in [5, 5.41) is -0.604. The fraction of sp³-hybridized carbons (Fsp3) is 0.167. The topological polar surface area (TPSA) is 64.1 Å². The van der Waals surface area contributed by atoms with Crippen LogP contribution in [0.5, 0.6) is 5.75 Å². The Bertz CT molecular complexity index is 724. The molecule has 5 nitrogen and oxygen atoms in total. The van der Waals surface area contributed by atoms with Gasteiger partial charge < -0.3 is 4.74 Å². The Morgan fingerprint density at radius 3 is 2.84 bits per heavy atom. The first-order valence-electron chi connectivity index (χ1n) is 5.48. The highest BCUT2D eigenvalue weighted by Crippen LogP contribution is 2.15. The molecule has 0 bridgehead atoms. The van der Waals surface area contributed by atoms with Crippen molar-refractivity contribution in [2.24, 2.45) is 0 Å². The highest BCUT2D eigenvalue weighted by atomic mass is 35.5. The van der Waals surface area contributed by atoms with Crippen molar-refractivity contribution in [2.45, 2.75) is 6.92 Å². The molecule has 19 heavy (non-hydrogen) atoms. The van der Waals surface area contributed by atoms with Crippen LogP contribution in [0, 0.1) is 5.82 Å². The molecule has 0 radical (unpaired) electrons. The van der Waals surface area contributed by atoms with Gasteiger partial charge in [0.1, 0.15) is 5.75 Å². The second-order valence-corrected chi connectivity index (χ2v) is 4.01. The third-order valence-electron chi connectivity index (χ3n) is 2.39. The van der Waals surface area contributed by atoms with Gasteiger partial charge in [-0.2, -0.15) is 4.39 Å². The van der Waals surface area contributed by atoms with Crippen LogP contribution in [0.1, 0.15) is 6.92 Å². The number of ether oxygens (including phenoxy) is 1. The van der Waals surface area contributed by atoms with E-state index in [4.69, 9.17) is 16.3 Å². The Morgan fingerprint density at radius 2 is 2.16 bits per heavy atom. The van der Waals surface area contributed by atoms with E-state index in [9.17, 15) is 14.0 Å². The highest BCUT2D eigenvalue weighted by Gasteiger charge is 2.13. The maximum absolute atomic E-state index is 13.4. The van der Waals surface area contributed by atoms with E-state index in [-0.39, 0.29) is 5.69 Å². The minimum atomic E-state index is -1.21. The van der Waals surface area contributed by atoms with E-state index in [0.29, 0.717) is 16.9 Å². The van der Waals surface area contributed by atoms with Crippen LogP contribution >= 0.6 is 11.6 Å². The van der Waals surface area contributed by atoms with E-state index in [1.54, 1.807) is 19.1 Å². The Kier molecular flexibility index (Phi) is 3.71. The average Bonchev–Trinajstić information content (AvgIpc) is 2.37. The molecule has 1 aromatic carbocycles. The van der Waals surface area contributed by atoms with Gasteiger partial charge in [0.2, 0.25) is 5.82 Å². The molecule has 0 aliphatic heterocycles. The van der Waals surface area contributed by atoms with Crippen LogP contribution in [0.4, 0.5) is 4.39 Å². The number of nitrogens with one attached hydrogen (secondary N) is 1. The van der Waals surface area contributed by atoms with Gasteiger partial charge in [-0.3, -0.25) is 9.78 Å². The Morgan fingerprint density at radius 1 is 1.42 bits per heavy atom. The van der Waals surface area contributed by atoms with Crippen molar-refractivity contribution < 1.29 is 9.13 Å². The molecule has 1 N–H and O–H groups in total. The van der Waals surface area contributed by atoms with Crippen molar-refractivity contribution in [3.05, 3.63) is 56.1 Å². The van der Waals surface area contributed by atoms with Gasteiger partial charge in [0.05, 0.1) is 12.3 Å². The summed E-state index contributed by atoms with van der Waals surface area (Å²) >= 11 is 5.39. The smallest absolute Gasteiger partial charge is 0.334 e. The fourth-order valence-electron chi connectivity index (χ4n) is 1.60. The van der Waals surface area contributed by atoms with Crippen LogP contribution in [0.25, 0.3) is 5.69 Å². The van der Waals surface area contributed by atoms with E-state index >= 15 is 0 Å². The first-order valence-corrected chi connectivity index (χ1v) is 5.86. The lowest BCUT2D eigenvalue weighted by molar-refractivity contribution is 0.340. The molecule has 0 saturated heterocycles. The van der Waals surface area contributed by atoms with E-state index in [2.05, 4.69) is 4.98 Å².